The summed E-state index contributed by atoms with van der Waals surface area (Å²) in [6, 6.07) is 16.3. The molecule has 2 N–H and O–H groups in total. The van der Waals surface area contributed by atoms with E-state index in [-0.39, 0.29) is 45.4 Å². The molecule has 5 rings (SSSR count). The number of anilines is 3. The summed E-state index contributed by atoms with van der Waals surface area (Å²) in [6.45, 7) is 1.95. The van der Waals surface area contributed by atoms with Crippen LogP contribution < -0.4 is 19.1 Å². The Kier molecular flexibility index (Phi) is 6.26. The number of nitrogens with one attached hydrogen (secondary N) is 2. The maximum atomic E-state index is 13.3. The van der Waals surface area contributed by atoms with E-state index in [1.807, 2.05) is 0 Å². The molecule has 13 heteroatoms. The van der Waals surface area contributed by atoms with Crippen LogP contribution in [0.3, 0.4) is 0 Å². The molecule has 0 unspecified atom stereocenters. The van der Waals surface area contributed by atoms with Gasteiger partial charge in [-0.25, -0.2) is 8.42 Å². The molecule has 0 atom stereocenters. The highest BCUT2D eigenvalue weighted by molar-refractivity contribution is 7.93. The quantitative estimate of drug-likeness (QED) is 0.355. The number of halogens is 1. The molecular weight excluding hydrogens is 542 g/mol. The van der Waals surface area contributed by atoms with Crippen LogP contribution in [0.5, 0.6) is 5.75 Å². The van der Waals surface area contributed by atoms with Crippen LogP contribution in [0.25, 0.3) is 11.0 Å². The average molecular weight is 562 g/mol. The number of rotatable bonds is 6. The summed E-state index contributed by atoms with van der Waals surface area (Å²) in [4.78, 5) is 13.3. The van der Waals surface area contributed by atoms with Crippen molar-refractivity contribution in [3.63, 3.8) is 0 Å². The monoisotopic (exact) mass is 561 g/mol. The molecule has 0 saturated carbocycles. The molecule has 0 fully saturated rings. The van der Waals surface area contributed by atoms with Crippen molar-refractivity contribution in [1.29, 1.82) is 0 Å². The van der Waals surface area contributed by atoms with E-state index in [0.717, 1.165) is 0 Å². The van der Waals surface area contributed by atoms with Crippen LogP contribution in [0.15, 0.2) is 81.1 Å². The van der Waals surface area contributed by atoms with Crippen LogP contribution >= 0.6 is 11.6 Å². The lowest BCUT2D eigenvalue weighted by Gasteiger charge is -2.29. The summed E-state index contributed by atoms with van der Waals surface area (Å²) in [6.07, 6.45) is 0. The fourth-order valence-corrected chi connectivity index (χ4v) is 6.18. The molecule has 1 amide bonds. The fourth-order valence-electron chi connectivity index (χ4n) is 3.87. The molecule has 37 heavy (non-hydrogen) atoms. The minimum atomic E-state index is -4.23. The number of hydrogen-bond acceptors (Lipinski definition) is 7. The molecule has 2 heterocycles. The molecule has 4 aromatic rings. The number of para-hydroxylation sites is 1. The van der Waals surface area contributed by atoms with Crippen molar-refractivity contribution < 1.29 is 30.8 Å². The summed E-state index contributed by atoms with van der Waals surface area (Å²) in [5.74, 6) is 0.123. The summed E-state index contributed by atoms with van der Waals surface area (Å²) < 4.78 is 68.4. The van der Waals surface area contributed by atoms with Crippen molar-refractivity contribution in [2.75, 3.05) is 27.5 Å². The smallest absolute Gasteiger partial charge is 0.295 e. The van der Waals surface area contributed by atoms with E-state index in [4.69, 9.17) is 20.8 Å². The number of ether oxygens (including phenoxy) is 1. The van der Waals surface area contributed by atoms with Gasteiger partial charge in [0.1, 0.15) is 17.9 Å². The van der Waals surface area contributed by atoms with E-state index in [1.165, 1.54) is 54.3 Å². The van der Waals surface area contributed by atoms with Gasteiger partial charge in [-0.3, -0.25) is 14.2 Å². The molecule has 0 spiro atoms. The van der Waals surface area contributed by atoms with E-state index in [0.29, 0.717) is 22.4 Å². The second kappa shape index (κ2) is 9.29. The maximum Gasteiger partial charge on any atom is 0.295 e. The lowest BCUT2D eigenvalue weighted by Crippen LogP contribution is -2.36. The number of nitrogens with zero attached hydrogens (tertiary/aromatic N) is 1. The van der Waals surface area contributed by atoms with E-state index in [2.05, 4.69) is 9.44 Å². The molecule has 192 valence electrons. The van der Waals surface area contributed by atoms with E-state index < -0.39 is 20.0 Å². The summed E-state index contributed by atoms with van der Waals surface area (Å²) in [5, 5.41) is 0.417. The number of benzene rings is 3. The first kappa shape index (κ1) is 24.9. The van der Waals surface area contributed by atoms with Gasteiger partial charge in [-0.05, 0) is 42.5 Å². The molecule has 1 aliphatic heterocycles. The van der Waals surface area contributed by atoms with Crippen molar-refractivity contribution in [2.45, 2.75) is 16.9 Å². The SMILES string of the molecule is CC(=O)N1CCOc2ccc(S(=O)(=O)Nc3ccc(Cl)cc3NS(=O)(=O)c3cc4ccccc4o3)cc21. The van der Waals surface area contributed by atoms with Gasteiger partial charge < -0.3 is 14.1 Å². The third-order valence-electron chi connectivity index (χ3n) is 5.62. The summed E-state index contributed by atoms with van der Waals surface area (Å²) in [5.41, 5.74) is 0.527. The zero-order valence-corrected chi connectivity index (χ0v) is 21.7. The molecule has 0 bridgehead atoms. The van der Waals surface area contributed by atoms with Gasteiger partial charge in [0, 0.05) is 23.4 Å². The van der Waals surface area contributed by atoms with Crippen LogP contribution in [-0.4, -0.2) is 35.9 Å². The van der Waals surface area contributed by atoms with E-state index in [9.17, 15) is 21.6 Å². The Bertz CT molecular complexity index is 1720. The number of carbonyl (C=O) groups excluding carboxylic acids is 1. The Morgan fingerprint density at radius 3 is 2.43 bits per heavy atom. The molecular formula is C24H20ClN3O7S2. The lowest BCUT2D eigenvalue weighted by molar-refractivity contribution is -0.116. The van der Waals surface area contributed by atoms with Crippen molar-refractivity contribution in [3.05, 3.63) is 71.8 Å². The normalized spacial score (nSPS) is 13.6. The van der Waals surface area contributed by atoms with Gasteiger partial charge in [0.15, 0.2) is 0 Å². The summed E-state index contributed by atoms with van der Waals surface area (Å²) >= 11 is 6.08. The molecule has 0 saturated heterocycles. The maximum absolute atomic E-state index is 13.3. The van der Waals surface area contributed by atoms with Gasteiger partial charge >= 0.3 is 0 Å². The first-order valence-corrected chi connectivity index (χ1v) is 14.3. The number of hydrogen-bond donors (Lipinski definition) is 2. The largest absolute Gasteiger partial charge is 0.490 e. The van der Waals surface area contributed by atoms with E-state index in [1.54, 1.807) is 24.3 Å². The highest BCUT2D eigenvalue weighted by Crippen LogP contribution is 2.36. The molecule has 0 aliphatic carbocycles. The molecule has 1 aromatic heterocycles. The third kappa shape index (κ3) is 4.95. The number of fused-ring (bicyclic) bond motifs is 2. The van der Waals surface area contributed by atoms with Crippen LogP contribution in [-0.2, 0) is 24.8 Å². The molecule has 3 aromatic carbocycles. The van der Waals surface area contributed by atoms with Crippen LogP contribution in [0.4, 0.5) is 17.1 Å². The van der Waals surface area contributed by atoms with E-state index >= 15 is 0 Å². The van der Waals surface area contributed by atoms with Crippen LogP contribution in [0.2, 0.25) is 5.02 Å². The Morgan fingerprint density at radius 1 is 0.919 bits per heavy atom. The third-order valence-corrected chi connectivity index (χ3v) is 8.44. The van der Waals surface area contributed by atoms with Gasteiger partial charge in [0.05, 0.1) is 28.5 Å². The second-order valence-corrected chi connectivity index (χ2v) is 11.9. The standard InChI is InChI=1S/C24H20ClN3O7S2/c1-15(29)28-10-11-34-23-9-7-18(14-21(23)28)36(30,31)26-19-8-6-17(25)13-20(19)27-37(32,33)24-12-16-4-2-3-5-22(16)35-24/h2-9,12-14,26-27H,10-11H2,1H3. The fraction of sp³-hybridized carbons (Fsp3) is 0.125. The molecule has 1 aliphatic rings. The molecule has 0 radical (unpaired) electrons. The Balaban J connectivity index is 1.48. The van der Waals surface area contributed by atoms with Crippen molar-refractivity contribution >= 4 is 65.6 Å². The Morgan fingerprint density at radius 2 is 1.68 bits per heavy atom. The van der Waals surface area contributed by atoms with Gasteiger partial charge in [0.2, 0.25) is 11.0 Å². The highest BCUT2D eigenvalue weighted by atomic mass is 35.5. The van der Waals surface area contributed by atoms with Crippen molar-refractivity contribution in [2.24, 2.45) is 0 Å². The number of amides is 1. The predicted molar refractivity (Wildman–Crippen MR) is 139 cm³/mol. The zero-order valence-electron chi connectivity index (χ0n) is 19.3. The predicted octanol–water partition coefficient (Wildman–Crippen LogP) is 4.43. The minimum Gasteiger partial charge on any atom is -0.490 e. The minimum absolute atomic E-state index is 0.0681. The average Bonchev–Trinajstić information content (AvgIpc) is 3.30. The lowest BCUT2D eigenvalue weighted by atomic mass is 10.2. The molecule has 10 nitrogen and oxygen atoms in total. The number of carbonyl (C=O) groups is 1. The van der Waals surface area contributed by atoms with Crippen molar-refractivity contribution in [1.82, 2.24) is 0 Å². The first-order chi connectivity index (χ1) is 17.5. The van der Waals surface area contributed by atoms with Gasteiger partial charge in [-0.15, -0.1) is 0 Å². The second-order valence-electron chi connectivity index (χ2n) is 8.15. The zero-order chi connectivity index (χ0) is 26.4. The van der Waals surface area contributed by atoms with Crippen molar-refractivity contribution in [3.8, 4) is 5.75 Å². The topological polar surface area (TPSA) is 135 Å². The Hall–Kier alpha value is -3.74. The van der Waals surface area contributed by atoms with Gasteiger partial charge in [-0.1, -0.05) is 29.8 Å². The van der Waals surface area contributed by atoms with Crippen LogP contribution in [0.1, 0.15) is 6.92 Å². The number of furan rings is 1. The summed E-state index contributed by atoms with van der Waals surface area (Å²) in [7, 11) is -8.45. The van der Waals surface area contributed by atoms with Gasteiger partial charge in [-0.2, -0.15) is 8.42 Å². The van der Waals surface area contributed by atoms with Gasteiger partial charge in [0.25, 0.3) is 20.0 Å². The first-order valence-electron chi connectivity index (χ1n) is 10.9. The van der Waals surface area contributed by atoms with Crippen LogP contribution in [0, 0.1) is 0 Å². The Labute approximate surface area is 217 Å². The highest BCUT2D eigenvalue weighted by Gasteiger charge is 2.26. The number of sulfonamides is 2.